The largest absolute Gasteiger partial charge is 0.497 e. The Morgan fingerprint density at radius 2 is 1.85 bits per heavy atom. The van der Waals surface area contributed by atoms with Crippen LogP contribution in [0, 0.1) is 0 Å². The molecule has 0 amide bonds. The Labute approximate surface area is 116 Å². The van der Waals surface area contributed by atoms with Crippen LogP contribution in [0.1, 0.15) is 0 Å². The number of rotatable bonds is 1. The summed E-state index contributed by atoms with van der Waals surface area (Å²) in [4.78, 5) is 9.45. The van der Waals surface area contributed by atoms with Gasteiger partial charge in [-0.2, -0.15) is 0 Å². The van der Waals surface area contributed by atoms with Gasteiger partial charge in [0.15, 0.2) is 5.82 Å². The first-order valence-electron chi connectivity index (χ1n) is 6.47. The van der Waals surface area contributed by atoms with Crippen LogP contribution in [-0.2, 0) is 7.05 Å². The first-order valence-corrected chi connectivity index (χ1v) is 6.47. The van der Waals surface area contributed by atoms with Gasteiger partial charge in [0.2, 0.25) is 0 Å². The molecule has 0 fully saturated rings. The highest BCUT2D eigenvalue weighted by Crippen LogP contribution is 2.33. The Balaban J connectivity index is 2.19. The quantitative estimate of drug-likeness (QED) is 0.529. The van der Waals surface area contributed by atoms with E-state index in [0.717, 1.165) is 39.2 Å². The lowest BCUT2D eigenvalue weighted by atomic mass is 10.2. The van der Waals surface area contributed by atoms with Crippen molar-refractivity contribution in [3.63, 3.8) is 0 Å². The molecule has 4 rings (SSSR count). The molecule has 4 heteroatoms. The normalized spacial score (nSPS) is 11.5. The van der Waals surface area contributed by atoms with Gasteiger partial charge in [0, 0.05) is 12.4 Å². The van der Waals surface area contributed by atoms with E-state index in [1.54, 1.807) is 7.11 Å². The highest BCUT2D eigenvalue weighted by atomic mass is 16.5. The molecular weight excluding hydrogens is 250 g/mol. The van der Waals surface area contributed by atoms with E-state index in [-0.39, 0.29) is 0 Å². The van der Waals surface area contributed by atoms with Crippen LogP contribution in [0.2, 0.25) is 0 Å². The number of para-hydroxylation sites is 2. The van der Waals surface area contributed by atoms with E-state index in [9.17, 15) is 0 Å². The molecule has 2 aliphatic rings. The van der Waals surface area contributed by atoms with E-state index in [1.807, 2.05) is 43.4 Å². The van der Waals surface area contributed by atoms with Crippen molar-refractivity contribution in [1.29, 1.82) is 0 Å². The van der Waals surface area contributed by atoms with Gasteiger partial charge in [-0.05, 0) is 30.3 Å². The Morgan fingerprint density at radius 1 is 1.00 bits per heavy atom. The first-order chi connectivity index (χ1) is 9.78. The van der Waals surface area contributed by atoms with Gasteiger partial charge in [0.25, 0.3) is 0 Å². The monoisotopic (exact) mass is 263 g/mol. The van der Waals surface area contributed by atoms with Crippen LogP contribution in [0.15, 0.2) is 42.5 Å². The summed E-state index contributed by atoms with van der Waals surface area (Å²) in [5, 5.41) is 1.03. The van der Waals surface area contributed by atoms with Gasteiger partial charge in [-0.25, -0.2) is 9.97 Å². The van der Waals surface area contributed by atoms with Gasteiger partial charge < -0.3 is 9.30 Å². The average Bonchev–Trinajstić information content (AvgIpc) is 2.86. The van der Waals surface area contributed by atoms with E-state index < -0.39 is 0 Å². The molecule has 0 atom stereocenters. The van der Waals surface area contributed by atoms with Gasteiger partial charge in [-0.3, -0.25) is 0 Å². The summed E-state index contributed by atoms with van der Waals surface area (Å²) >= 11 is 0. The zero-order chi connectivity index (χ0) is 13.7. The number of methoxy groups -OCH3 is 1. The molecule has 20 heavy (non-hydrogen) atoms. The minimum absolute atomic E-state index is 0.824. The Bertz CT molecular complexity index is 910. The van der Waals surface area contributed by atoms with Crippen molar-refractivity contribution < 1.29 is 4.74 Å². The van der Waals surface area contributed by atoms with Crippen molar-refractivity contribution in [2.75, 3.05) is 7.11 Å². The summed E-state index contributed by atoms with van der Waals surface area (Å²) in [6.45, 7) is 0. The SMILES string of the molecule is COc1ccc2nc3n(C)c4ccccc4nc-3c2c1. The minimum Gasteiger partial charge on any atom is -0.497 e. The fourth-order valence-corrected chi connectivity index (χ4v) is 2.64. The molecule has 0 N–H and O–H groups in total. The summed E-state index contributed by atoms with van der Waals surface area (Å²) in [7, 11) is 3.69. The van der Waals surface area contributed by atoms with Crippen LogP contribution in [-0.4, -0.2) is 21.6 Å². The molecule has 2 heterocycles. The lowest BCUT2D eigenvalue weighted by molar-refractivity contribution is 0.415. The number of hydrogen-bond donors (Lipinski definition) is 0. The number of aryl methyl sites for hydroxylation is 1. The van der Waals surface area contributed by atoms with Gasteiger partial charge in [-0.1, -0.05) is 12.1 Å². The fourth-order valence-electron chi connectivity index (χ4n) is 2.64. The summed E-state index contributed by atoms with van der Waals surface area (Å²) in [6.07, 6.45) is 0. The van der Waals surface area contributed by atoms with Crippen molar-refractivity contribution in [1.82, 2.24) is 14.5 Å². The number of benzene rings is 2. The van der Waals surface area contributed by atoms with Crippen LogP contribution < -0.4 is 4.74 Å². The van der Waals surface area contributed by atoms with Crippen molar-refractivity contribution >= 4 is 21.9 Å². The highest BCUT2D eigenvalue weighted by molar-refractivity contribution is 5.97. The predicted molar refractivity (Wildman–Crippen MR) is 79.2 cm³/mol. The highest BCUT2D eigenvalue weighted by Gasteiger charge is 2.18. The molecule has 0 spiro atoms. The van der Waals surface area contributed by atoms with Gasteiger partial charge in [0.05, 0.1) is 23.7 Å². The third-order valence-corrected chi connectivity index (χ3v) is 3.69. The molecule has 0 bridgehead atoms. The van der Waals surface area contributed by atoms with Gasteiger partial charge in [0.1, 0.15) is 11.4 Å². The van der Waals surface area contributed by atoms with Crippen molar-refractivity contribution in [3.05, 3.63) is 42.5 Å². The van der Waals surface area contributed by atoms with E-state index >= 15 is 0 Å². The summed E-state index contributed by atoms with van der Waals surface area (Å²) in [6, 6.07) is 14.0. The van der Waals surface area contributed by atoms with Crippen LogP contribution >= 0.6 is 0 Å². The molecule has 0 aliphatic carbocycles. The number of nitrogens with zero attached hydrogens (tertiary/aromatic N) is 3. The van der Waals surface area contributed by atoms with Crippen LogP contribution in [0.3, 0.4) is 0 Å². The lowest BCUT2D eigenvalue weighted by Gasteiger charge is -2.09. The summed E-state index contributed by atoms with van der Waals surface area (Å²) in [5.41, 5.74) is 3.91. The van der Waals surface area contributed by atoms with Crippen LogP contribution in [0.25, 0.3) is 33.5 Å². The molecule has 0 unspecified atom stereocenters. The number of hydrogen-bond acceptors (Lipinski definition) is 3. The van der Waals surface area contributed by atoms with Crippen LogP contribution in [0.4, 0.5) is 0 Å². The number of ether oxygens (including phenoxy) is 1. The Hall–Kier alpha value is -2.62. The third-order valence-electron chi connectivity index (χ3n) is 3.69. The van der Waals surface area contributed by atoms with Gasteiger partial charge >= 0.3 is 0 Å². The van der Waals surface area contributed by atoms with E-state index in [2.05, 4.69) is 15.6 Å². The molecule has 0 saturated carbocycles. The Morgan fingerprint density at radius 3 is 2.70 bits per heavy atom. The maximum atomic E-state index is 5.30. The second-order valence-corrected chi connectivity index (χ2v) is 4.83. The molecule has 2 aromatic carbocycles. The molecular formula is C16H13N3O. The standard InChI is InChI=1S/C16H13N3O/c1-19-14-6-4-3-5-13(14)17-15-11-9-10(20-2)7-8-12(11)18-16(15)19/h3-9H,1-2H3. The Kier molecular flexibility index (Phi) is 2.21. The van der Waals surface area contributed by atoms with E-state index in [1.165, 1.54) is 0 Å². The zero-order valence-electron chi connectivity index (χ0n) is 11.3. The van der Waals surface area contributed by atoms with Crippen molar-refractivity contribution in [2.24, 2.45) is 7.05 Å². The topological polar surface area (TPSA) is 39.9 Å². The van der Waals surface area contributed by atoms with E-state index in [4.69, 9.17) is 9.72 Å². The maximum Gasteiger partial charge on any atom is 0.160 e. The zero-order valence-corrected chi connectivity index (χ0v) is 11.3. The second-order valence-electron chi connectivity index (χ2n) is 4.83. The van der Waals surface area contributed by atoms with Crippen LogP contribution in [0.5, 0.6) is 5.75 Å². The molecule has 4 nitrogen and oxygen atoms in total. The number of aromatic nitrogens is 3. The van der Waals surface area contributed by atoms with Crippen molar-refractivity contribution in [2.45, 2.75) is 0 Å². The molecule has 0 saturated heterocycles. The number of fused-ring (bicyclic) bond motifs is 4. The third kappa shape index (κ3) is 1.42. The fraction of sp³-hybridized carbons (Fsp3) is 0.125. The smallest absolute Gasteiger partial charge is 0.160 e. The average molecular weight is 263 g/mol. The molecule has 0 aromatic heterocycles. The summed E-state index contributed by atoms with van der Waals surface area (Å²) < 4.78 is 7.38. The van der Waals surface area contributed by atoms with E-state index in [0.29, 0.717) is 0 Å². The molecule has 2 aromatic rings. The lowest BCUT2D eigenvalue weighted by Crippen LogP contribution is -2.01. The molecule has 2 aliphatic heterocycles. The molecule has 98 valence electrons. The van der Waals surface area contributed by atoms with Crippen molar-refractivity contribution in [3.8, 4) is 17.3 Å². The first kappa shape index (κ1) is 11.2. The summed E-state index contributed by atoms with van der Waals surface area (Å²) in [5.74, 6) is 1.72. The second kappa shape index (κ2) is 3.93. The molecule has 0 radical (unpaired) electrons. The predicted octanol–water partition coefficient (Wildman–Crippen LogP) is 3.23. The minimum atomic E-state index is 0.824. The maximum absolute atomic E-state index is 5.30. The van der Waals surface area contributed by atoms with Gasteiger partial charge in [-0.15, -0.1) is 0 Å².